The molecule has 0 radical (unpaired) electrons. The predicted molar refractivity (Wildman–Crippen MR) is 129 cm³/mol. The van der Waals surface area contributed by atoms with Crippen LogP contribution in [-0.2, 0) is 6.54 Å². The molecule has 2 aromatic heterocycles. The van der Waals surface area contributed by atoms with Crippen molar-refractivity contribution in [3.63, 3.8) is 0 Å². The van der Waals surface area contributed by atoms with Gasteiger partial charge in [0.25, 0.3) is 11.5 Å². The lowest BCUT2D eigenvalue weighted by Gasteiger charge is -2.12. The van der Waals surface area contributed by atoms with Crippen LogP contribution in [0.3, 0.4) is 0 Å². The summed E-state index contributed by atoms with van der Waals surface area (Å²) >= 11 is 0. The highest BCUT2D eigenvalue weighted by molar-refractivity contribution is 6.02. The van der Waals surface area contributed by atoms with Gasteiger partial charge in [-0.3, -0.25) is 14.2 Å². The molecule has 1 N–H and O–H groups in total. The highest BCUT2D eigenvalue weighted by atomic mass is 19.1. The summed E-state index contributed by atoms with van der Waals surface area (Å²) < 4.78 is 16.7. The van der Waals surface area contributed by atoms with Crippen LogP contribution in [0.2, 0.25) is 0 Å². The predicted octanol–water partition coefficient (Wildman–Crippen LogP) is 4.41. The number of carbonyl (C=O) groups is 1. The Morgan fingerprint density at radius 3 is 2.56 bits per heavy atom. The van der Waals surface area contributed by atoms with Gasteiger partial charge in [0.05, 0.1) is 17.6 Å². The van der Waals surface area contributed by atoms with Crippen LogP contribution >= 0.6 is 0 Å². The average molecular weight is 455 g/mol. The molecule has 0 saturated heterocycles. The van der Waals surface area contributed by atoms with Crippen molar-refractivity contribution in [2.24, 2.45) is 0 Å². The first-order chi connectivity index (χ1) is 16.3. The van der Waals surface area contributed by atoms with Gasteiger partial charge >= 0.3 is 0 Å². The van der Waals surface area contributed by atoms with Crippen LogP contribution in [0, 0.1) is 26.6 Å². The SMILES string of the molecule is Cc1ccc2c(c1)n(Cc1cccc(F)c1)c(=O)c1nc(C(=O)Nc3ccc(C)c(C)c3)nn12. The molecule has 7 nitrogen and oxygen atoms in total. The Morgan fingerprint density at radius 2 is 1.79 bits per heavy atom. The van der Waals surface area contributed by atoms with Crippen molar-refractivity contribution < 1.29 is 9.18 Å². The van der Waals surface area contributed by atoms with Crippen LogP contribution in [0.4, 0.5) is 10.1 Å². The molecule has 5 rings (SSSR count). The Balaban J connectivity index is 1.63. The number of rotatable bonds is 4. The molecule has 34 heavy (non-hydrogen) atoms. The lowest BCUT2D eigenvalue weighted by molar-refractivity contribution is 0.101. The van der Waals surface area contributed by atoms with E-state index in [0.29, 0.717) is 22.3 Å². The smallest absolute Gasteiger partial charge is 0.296 e. The van der Waals surface area contributed by atoms with Gasteiger partial charge < -0.3 is 5.32 Å². The summed E-state index contributed by atoms with van der Waals surface area (Å²) in [7, 11) is 0. The Morgan fingerprint density at radius 1 is 0.971 bits per heavy atom. The second-order valence-electron chi connectivity index (χ2n) is 8.44. The number of nitrogens with zero attached hydrogens (tertiary/aromatic N) is 4. The lowest BCUT2D eigenvalue weighted by atomic mass is 10.1. The van der Waals surface area contributed by atoms with Gasteiger partial charge in [0.2, 0.25) is 11.5 Å². The minimum Gasteiger partial charge on any atom is -0.319 e. The van der Waals surface area contributed by atoms with Crippen LogP contribution in [0.5, 0.6) is 0 Å². The molecule has 2 heterocycles. The van der Waals surface area contributed by atoms with E-state index < -0.39 is 11.5 Å². The van der Waals surface area contributed by atoms with Crippen LogP contribution in [0.25, 0.3) is 16.7 Å². The number of fused-ring (bicyclic) bond motifs is 3. The van der Waals surface area contributed by atoms with Gasteiger partial charge in [-0.15, -0.1) is 5.10 Å². The summed E-state index contributed by atoms with van der Waals surface area (Å²) in [4.78, 5) is 30.6. The molecule has 5 aromatic rings. The van der Waals surface area contributed by atoms with Crippen molar-refractivity contribution in [3.05, 3.63) is 105 Å². The third-order valence-corrected chi connectivity index (χ3v) is 5.89. The van der Waals surface area contributed by atoms with Crippen LogP contribution in [0.1, 0.15) is 32.9 Å². The maximum atomic E-state index is 13.8. The number of anilines is 1. The molecule has 0 bridgehead atoms. The van der Waals surface area contributed by atoms with Crippen molar-refractivity contribution >= 4 is 28.3 Å². The topological polar surface area (TPSA) is 81.3 Å². The number of aryl methyl sites for hydroxylation is 3. The molecule has 0 atom stereocenters. The summed E-state index contributed by atoms with van der Waals surface area (Å²) in [5.41, 5.74) is 5.22. The Labute approximate surface area is 194 Å². The summed E-state index contributed by atoms with van der Waals surface area (Å²) in [5.74, 6) is -0.996. The number of carbonyl (C=O) groups excluding carboxylic acids is 1. The van der Waals surface area contributed by atoms with E-state index in [1.165, 1.54) is 21.2 Å². The molecule has 170 valence electrons. The van der Waals surface area contributed by atoms with Crippen molar-refractivity contribution in [3.8, 4) is 0 Å². The van der Waals surface area contributed by atoms with Gasteiger partial charge in [-0.2, -0.15) is 4.98 Å². The molecular weight excluding hydrogens is 433 g/mol. The minimum absolute atomic E-state index is 0.0259. The summed E-state index contributed by atoms with van der Waals surface area (Å²) in [6, 6.07) is 17.3. The zero-order chi connectivity index (χ0) is 24.0. The van der Waals surface area contributed by atoms with Gasteiger partial charge in [-0.05, 0) is 79.4 Å². The molecule has 0 saturated carbocycles. The summed E-state index contributed by atoms with van der Waals surface area (Å²) in [6.07, 6.45) is 0. The fourth-order valence-corrected chi connectivity index (χ4v) is 3.95. The van der Waals surface area contributed by atoms with Crippen molar-refractivity contribution in [2.45, 2.75) is 27.3 Å². The minimum atomic E-state index is -0.511. The van der Waals surface area contributed by atoms with E-state index in [-0.39, 0.29) is 23.8 Å². The van der Waals surface area contributed by atoms with E-state index in [9.17, 15) is 14.0 Å². The fourth-order valence-electron chi connectivity index (χ4n) is 3.95. The fraction of sp³-hybridized carbons (Fsp3) is 0.154. The second-order valence-corrected chi connectivity index (χ2v) is 8.44. The molecule has 0 spiro atoms. The molecule has 0 aliphatic rings. The maximum absolute atomic E-state index is 13.8. The monoisotopic (exact) mass is 455 g/mol. The molecule has 0 aliphatic carbocycles. The summed E-state index contributed by atoms with van der Waals surface area (Å²) in [5, 5.41) is 7.15. The third kappa shape index (κ3) is 3.83. The van der Waals surface area contributed by atoms with E-state index in [1.807, 2.05) is 51.1 Å². The quantitative estimate of drug-likeness (QED) is 0.435. The number of aromatic nitrogens is 4. The normalized spacial score (nSPS) is 11.3. The van der Waals surface area contributed by atoms with E-state index in [2.05, 4.69) is 15.4 Å². The first-order valence-electron chi connectivity index (χ1n) is 10.8. The molecule has 0 aliphatic heterocycles. The average Bonchev–Trinajstić information content (AvgIpc) is 3.25. The molecular formula is C26H22FN5O2. The maximum Gasteiger partial charge on any atom is 0.296 e. The highest BCUT2D eigenvalue weighted by Gasteiger charge is 2.20. The van der Waals surface area contributed by atoms with Crippen molar-refractivity contribution in [1.82, 2.24) is 19.2 Å². The first kappa shape index (κ1) is 21.5. The third-order valence-electron chi connectivity index (χ3n) is 5.89. The van der Waals surface area contributed by atoms with E-state index in [1.54, 1.807) is 18.2 Å². The number of benzene rings is 3. The van der Waals surface area contributed by atoms with E-state index in [4.69, 9.17) is 0 Å². The van der Waals surface area contributed by atoms with E-state index >= 15 is 0 Å². The van der Waals surface area contributed by atoms with Crippen LogP contribution in [0.15, 0.2) is 65.5 Å². The highest BCUT2D eigenvalue weighted by Crippen LogP contribution is 2.19. The zero-order valence-electron chi connectivity index (χ0n) is 19.0. The Hall–Kier alpha value is -4.33. The lowest BCUT2D eigenvalue weighted by Crippen LogP contribution is -2.24. The molecule has 8 heteroatoms. The van der Waals surface area contributed by atoms with Gasteiger partial charge in [-0.25, -0.2) is 8.91 Å². The van der Waals surface area contributed by atoms with Gasteiger partial charge in [0.15, 0.2) is 0 Å². The van der Waals surface area contributed by atoms with Gasteiger partial charge in [-0.1, -0.05) is 24.3 Å². The van der Waals surface area contributed by atoms with Gasteiger partial charge in [0, 0.05) is 5.69 Å². The van der Waals surface area contributed by atoms with Crippen LogP contribution < -0.4 is 10.9 Å². The Bertz CT molecular complexity index is 1650. The van der Waals surface area contributed by atoms with Crippen molar-refractivity contribution in [2.75, 3.05) is 5.32 Å². The van der Waals surface area contributed by atoms with Gasteiger partial charge in [0.1, 0.15) is 5.82 Å². The standard InChI is InChI=1S/C26H22FN5O2/c1-15-7-10-21-22(11-15)31(14-18-5-4-6-19(27)13-18)26(34)24-29-23(30-32(21)24)25(33)28-20-9-8-16(2)17(3)12-20/h4-13H,14H2,1-3H3,(H,28,33). The largest absolute Gasteiger partial charge is 0.319 e. The summed E-state index contributed by atoms with van der Waals surface area (Å²) in [6.45, 7) is 6.03. The molecule has 0 fully saturated rings. The second kappa shape index (κ2) is 8.22. The number of hydrogen-bond acceptors (Lipinski definition) is 4. The number of hydrogen-bond donors (Lipinski definition) is 1. The van der Waals surface area contributed by atoms with Crippen molar-refractivity contribution in [1.29, 1.82) is 0 Å². The zero-order valence-corrected chi connectivity index (χ0v) is 19.0. The molecule has 0 unspecified atom stereocenters. The Kier molecular flexibility index (Phi) is 5.20. The molecule has 1 amide bonds. The molecule has 3 aromatic carbocycles. The number of halogens is 1. The van der Waals surface area contributed by atoms with Crippen LogP contribution in [-0.4, -0.2) is 25.1 Å². The first-order valence-corrected chi connectivity index (χ1v) is 10.8. The van der Waals surface area contributed by atoms with E-state index in [0.717, 1.165) is 16.7 Å². The number of amides is 1. The number of nitrogens with one attached hydrogen (secondary N) is 1.